The van der Waals surface area contributed by atoms with Crippen molar-refractivity contribution in [2.75, 3.05) is 24.2 Å². The molecule has 0 saturated carbocycles. The van der Waals surface area contributed by atoms with Gasteiger partial charge in [-0.15, -0.1) is 0 Å². The molecule has 0 aromatic heterocycles. The molecule has 0 heterocycles. The molecule has 3 N–H and O–H groups in total. The minimum absolute atomic E-state index is 0.656. The summed E-state index contributed by atoms with van der Waals surface area (Å²) in [6.07, 6.45) is 1.28. The van der Waals surface area contributed by atoms with Crippen LogP contribution in [0, 0.1) is 5.41 Å². The average Bonchev–Trinajstić information content (AvgIpc) is 2.17. The monoisotopic (exact) mass is 177 g/mol. The number of nitrogens with two attached hydrogens (primary N) is 1. The van der Waals surface area contributed by atoms with Crippen molar-refractivity contribution in [3.05, 3.63) is 23.8 Å². The molecule has 1 aromatic carbocycles. The lowest BCUT2D eigenvalue weighted by Gasteiger charge is -2.17. The van der Waals surface area contributed by atoms with E-state index in [9.17, 15) is 0 Å². The van der Waals surface area contributed by atoms with Crippen LogP contribution in [-0.2, 0) is 0 Å². The molecular weight excluding hydrogens is 162 g/mol. The van der Waals surface area contributed by atoms with E-state index in [1.54, 1.807) is 0 Å². The molecule has 13 heavy (non-hydrogen) atoms. The SMILES string of the molecule is CCN(C)c1ccc(N)c(C=N)c1. The van der Waals surface area contributed by atoms with E-state index in [1.807, 2.05) is 25.2 Å². The van der Waals surface area contributed by atoms with Crippen molar-refractivity contribution < 1.29 is 0 Å². The molecule has 3 heteroatoms. The topological polar surface area (TPSA) is 53.1 Å². The Hall–Kier alpha value is -1.51. The lowest BCUT2D eigenvalue weighted by molar-refractivity contribution is 0.968. The van der Waals surface area contributed by atoms with Gasteiger partial charge in [-0.05, 0) is 25.1 Å². The van der Waals surface area contributed by atoms with E-state index in [4.69, 9.17) is 11.1 Å². The highest BCUT2D eigenvalue weighted by atomic mass is 15.1. The van der Waals surface area contributed by atoms with Crippen LogP contribution < -0.4 is 10.6 Å². The molecule has 0 saturated heterocycles. The fraction of sp³-hybridized carbons (Fsp3) is 0.300. The quantitative estimate of drug-likeness (QED) is 0.545. The molecule has 0 radical (unpaired) electrons. The van der Waals surface area contributed by atoms with Gasteiger partial charge in [0.2, 0.25) is 0 Å². The van der Waals surface area contributed by atoms with Gasteiger partial charge >= 0.3 is 0 Å². The number of anilines is 2. The van der Waals surface area contributed by atoms with Crippen LogP contribution in [0.4, 0.5) is 11.4 Å². The van der Waals surface area contributed by atoms with Crippen LogP contribution in [0.15, 0.2) is 18.2 Å². The van der Waals surface area contributed by atoms with Crippen LogP contribution in [0.1, 0.15) is 12.5 Å². The van der Waals surface area contributed by atoms with E-state index in [2.05, 4.69) is 11.8 Å². The molecule has 1 aromatic rings. The highest BCUT2D eigenvalue weighted by Gasteiger charge is 2.01. The largest absolute Gasteiger partial charge is 0.398 e. The molecule has 3 nitrogen and oxygen atoms in total. The highest BCUT2D eigenvalue weighted by molar-refractivity contribution is 5.86. The number of hydrogen-bond acceptors (Lipinski definition) is 3. The van der Waals surface area contributed by atoms with Gasteiger partial charge in [0, 0.05) is 36.7 Å². The van der Waals surface area contributed by atoms with Gasteiger partial charge in [-0.3, -0.25) is 0 Å². The Balaban J connectivity index is 3.05. The fourth-order valence-corrected chi connectivity index (χ4v) is 1.11. The third kappa shape index (κ3) is 1.99. The number of hydrogen-bond donors (Lipinski definition) is 2. The first-order valence-corrected chi connectivity index (χ1v) is 4.30. The summed E-state index contributed by atoms with van der Waals surface area (Å²) in [5.74, 6) is 0. The zero-order chi connectivity index (χ0) is 9.84. The number of nitrogens with zero attached hydrogens (tertiary/aromatic N) is 1. The van der Waals surface area contributed by atoms with Crippen LogP contribution in [0.3, 0.4) is 0 Å². The summed E-state index contributed by atoms with van der Waals surface area (Å²) in [5, 5.41) is 7.16. The molecule has 1 rings (SSSR count). The Labute approximate surface area is 78.7 Å². The Morgan fingerprint density at radius 3 is 2.77 bits per heavy atom. The standard InChI is InChI=1S/C10H15N3/c1-3-13(2)9-4-5-10(12)8(6-9)7-11/h4-7,11H,3,12H2,1-2H3. The van der Waals surface area contributed by atoms with Crippen molar-refractivity contribution >= 4 is 17.6 Å². The third-order valence-electron chi connectivity index (χ3n) is 2.14. The van der Waals surface area contributed by atoms with Gasteiger partial charge in [0.05, 0.1) is 0 Å². The first-order chi connectivity index (χ1) is 6.19. The maximum absolute atomic E-state index is 7.16. The Morgan fingerprint density at radius 1 is 1.54 bits per heavy atom. The van der Waals surface area contributed by atoms with E-state index in [1.165, 1.54) is 6.21 Å². The average molecular weight is 177 g/mol. The van der Waals surface area contributed by atoms with Crippen molar-refractivity contribution in [3.63, 3.8) is 0 Å². The second kappa shape index (κ2) is 3.94. The first-order valence-electron chi connectivity index (χ1n) is 4.30. The third-order valence-corrected chi connectivity index (χ3v) is 2.14. The van der Waals surface area contributed by atoms with Crippen molar-refractivity contribution in [2.24, 2.45) is 0 Å². The Bertz CT molecular complexity index is 307. The predicted molar refractivity (Wildman–Crippen MR) is 57.7 cm³/mol. The van der Waals surface area contributed by atoms with Crippen molar-refractivity contribution in [3.8, 4) is 0 Å². The van der Waals surface area contributed by atoms with Crippen molar-refractivity contribution in [1.82, 2.24) is 0 Å². The maximum atomic E-state index is 7.16. The first kappa shape index (κ1) is 9.58. The van der Waals surface area contributed by atoms with Crippen LogP contribution in [-0.4, -0.2) is 19.8 Å². The highest BCUT2D eigenvalue weighted by Crippen LogP contribution is 2.18. The van der Waals surface area contributed by atoms with Gasteiger partial charge < -0.3 is 16.0 Å². The van der Waals surface area contributed by atoms with Gasteiger partial charge in [-0.2, -0.15) is 0 Å². The zero-order valence-corrected chi connectivity index (χ0v) is 8.04. The molecule has 0 aliphatic rings. The van der Waals surface area contributed by atoms with E-state index in [0.29, 0.717) is 5.69 Å². The number of benzene rings is 1. The molecule has 0 bridgehead atoms. The summed E-state index contributed by atoms with van der Waals surface area (Å²) in [7, 11) is 2.01. The molecule has 0 unspecified atom stereocenters. The van der Waals surface area contributed by atoms with Crippen LogP contribution >= 0.6 is 0 Å². The Kier molecular flexibility index (Phi) is 2.90. The van der Waals surface area contributed by atoms with E-state index in [0.717, 1.165) is 17.8 Å². The van der Waals surface area contributed by atoms with Crippen LogP contribution in [0.2, 0.25) is 0 Å². The van der Waals surface area contributed by atoms with Crippen molar-refractivity contribution in [1.29, 1.82) is 5.41 Å². The summed E-state index contributed by atoms with van der Waals surface area (Å²) in [6, 6.07) is 5.72. The van der Waals surface area contributed by atoms with Gasteiger partial charge in [-0.1, -0.05) is 0 Å². The molecule has 0 aliphatic carbocycles. The van der Waals surface area contributed by atoms with Gasteiger partial charge in [-0.25, -0.2) is 0 Å². The minimum Gasteiger partial charge on any atom is -0.398 e. The summed E-state index contributed by atoms with van der Waals surface area (Å²) in [4.78, 5) is 2.10. The fourth-order valence-electron chi connectivity index (χ4n) is 1.11. The zero-order valence-electron chi connectivity index (χ0n) is 8.04. The van der Waals surface area contributed by atoms with E-state index < -0.39 is 0 Å². The molecule has 0 spiro atoms. The van der Waals surface area contributed by atoms with Crippen LogP contribution in [0.25, 0.3) is 0 Å². The summed E-state index contributed by atoms with van der Waals surface area (Å²) in [6.45, 7) is 3.03. The van der Waals surface area contributed by atoms with Gasteiger partial charge in [0.15, 0.2) is 0 Å². The normalized spacial score (nSPS) is 9.69. The molecule has 70 valence electrons. The van der Waals surface area contributed by atoms with Gasteiger partial charge in [0.1, 0.15) is 0 Å². The second-order valence-electron chi connectivity index (χ2n) is 2.97. The lowest BCUT2D eigenvalue weighted by Crippen LogP contribution is -2.16. The van der Waals surface area contributed by atoms with E-state index >= 15 is 0 Å². The predicted octanol–water partition coefficient (Wildman–Crippen LogP) is 1.72. The van der Waals surface area contributed by atoms with E-state index in [-0.39, 0.29) is 0 Å². The maximum Gasteiger partial charge on any atom is 0.0404 e. The smallest absolute Gasteiger partial charge is 0.0404 e. The number of rotatable bonds is 3. The molecule has 0 aliphatic heterocycles. The number of nitrogens with one attached hydrogen (secondary N) is 1. The molecule has 0 fully saturated rings. The Morgan fingerprint density at radius 2 is 2.23 bits per heavy atom. The summed E-state index contributed by atoms with van der Waals surface area (Å²) in [5.41, 5.74) is 8.20. The summed E-state index contributed by atoms with van der Waals surface area (Å²) >= 11 is 0. The van der Waals surface area contributed by atoms with Crippen molar-refractivity contribution in [2.45, 2.75) is 6.92 Å². The molecule has 0 atom stereocenters. The van der Waals surface area contributed by atoms with Crippen LogP contribution in [0.5, 0.6) is 0 Å². The summed E-state index contributed by atoms with van der Waals surface area (Å²) < 4.78 is 0. The molecular formula is C10H15N3. The second-order valence-corrected chi connectivity index (χ2v) is 2.97. The number of nitrogen functional groups attached to an aromatic ring is 1. The minimum atomic E-state index is 0.656. The van der Waals surface area contributed by atoms with Gasteiger partial charge in [0.25, 0.3) is 0 Å². The lowest BCUT2D eigenvalue weighted by atomic mass is 10.1. The molecule has 0 amide bonds.